The molecule has 0 saturated carbocycles. The molecule has 1 aromatic carbocycles. The first-order chi connectivity index (χ1) is 9.65. The van der Waals surface area contributed by atoms with Gasteiger partial charge in [-0.1, -0.05) is 13.0 Å². The van der Waals surface area contributed by atoms with Crippen molar-refractivity contribution in [3.8, 4) is 5.75 Å². The fourth-order valence-electron chi connectivity index (χ4n) is 2.58. The minimum atomic E-state index is -0.548. The van der Waals surface area contributed by atoms with Crippen molar-refractivity contribution >= 4 is 5.97 Å². The number of esters is 1. The van der Waals surface area contributed by atoms with Crippen LogP contribution in [0.15, 0.2) is 18.2 Å². The highest BCUT2D eigenvalue weighted by molar-refractivity contribution is 5.75. The second kappa shape index (κ2) is 6.75. The monoisotopic (exact) mass is 277 g/mol. The van der Waals surface area contributed by atoms with Gasteiger partial charge in [0.2, 0.25) is 0 Å². The topological polar surface area (TPSA) is 61.5 Å². The Balaban J connectivity index is 2.13. The first kappa shape index (κ1) is 14.9. The fourth-order valence-corrected chi connectivity index (χ4v) is 2.58. The van der Waals surface area contributed by atoms with Crippen molar-refractivity contribution in [3.05, 3.63) is 29.3 Å². The van der Waals surface area contributed by atoms with Crippen molar-refractivity contribution < 1.29 is 14.3 Å². The van der Waals surface area contributed by atoms with Crippen LogP contribution in [0.1, 0.15) is 50.3 Å². The molecule has 20 heavy (non-hydrogen) atoms. The molecular weight excluding hydrogens is 254 g/mol. The summed E-state index contributed by atoms with van der Waals surface area (Å²) in [6, 6.07) is 6.02. The van der Waals surface area contributed by atoms with Crippen molar-refractivity contribution in [3.63, 3.8) is 0 Å². The van der Waals surface area contributed by atoms with E-state index in [0.29, 0.717) is 18.8 Å². The van der Waals surface area contributed by atoms with E-state index in [1.54, 1.807) is 6.92 Å². The molecular formula is C16H23NO3. The van der Waals surface area contributed by atoms with E-state index in [-0.39, 0.29) is 12.0 Å². The average Bonchev–Trinajstić information content (AvgIpc) is 2.45. The van der Waals surface area contributed by atoms with Gasteiger partial charge < -0.3 is 15.2 Å². The summed E-state index contributed by atoms with van der Waals surface area (Å²) in [6.45, 7) is 4.07. The molecule has 110 valence electrons. The number of fused-ring (bicyclic) bond motifs is 1. The SMILES string of the molecule is CCOC(=O)C(CC)Oc1ccc2c(c1)[C@H](N)CCC2. The molecule has 0 fully saturated rings. The number of ether oxygens (including phenoxy) is 2. The van der Waals surface area contributed by atoms with Gasteiger partial charge in [-0.25, -0.2) is 4.79 Å². The molecule has 0 bridgehead atoms. The standard InChI is InChI=1S/C16H23NO3/c1-3-15(16(18)19-4-2)20-12-9-8-11-6-5-7-14(17)13(11)10-12/h8-10,14-15H,3-7,17H2,1-2H3/t14-,15?/m1/s1. The van der Waals surface area contributed by atoms with E-state index >= 15 is 0 Å². The minimum Gasteiger partial charge on any atom is -0.479 e. The summed E-state index contributed by atoms with van der Waals surface area (Å²) < 4.78 is 10.8. The van der Waals surface area contributed by atoms with Crippen molar-refractivity contribution in [1.29, 1.82) is 0 Å². The van der Waals surface area contributed by atoms with E-state index in [9.17, 15) is 4.79 Å². The second-order valence-electron chi connectivity index (χ2n) is 5.13. The Morgan fingerprint density at radius 1 is 1.45 bits per heavy atom. The molecule has 0 aliphatic heterocycles. The van der Waals surface area contributed by atoms with Crippen molar-refractivity contribution in [1.82, 2.24) is 0 Å². The lowest BCUT2D eigenvalue weighted by atomic mass is 9.88. The molecule has 0 spiro atoms. The van der Waals surface area contributed by atoms with Gasteiger partial charge in [-0.05, 0) is 55.9 Å². The molecule has 0 saturated heterocycles. The smallest absolute Gasteiger partial charge is 0.347 e. The number of carbonyl (C=O) groups is 1. The Hall–Kier alpha value is -1.55. The molecule has 1 aromatic rings. The van der Waals surface area contributed by atoms with Crippen LogP contribution < -0.4 is 10.5 Å². The summed E-state index contributed by atoms with van der Waals surface area (Å²) in [6.07, 6.45) is 3.24. The quantitative estimate of drug-likeness (QED) is 0.841. The molecule has 2 N–H and O–H groups in total. The Bertz CT molecular complexity index is 473. The van der Waals surface area contributed by atoms with Crippen LogP contribution in [-0.2, 0) is 16.0 Å². The number of hydrogen-bond acceptors (Lipinski definition) is 4. The lowest BCUT2D eigenvalue weighted by molar-refractivity contribution is -0.151. The second-order valence-corrected chi connectivity index (χ2v) is 5.13. The minimum absolute atomic E-state index is 0.0740. The summed E-state index contributed by atoms with van der Waals surface area (Å²) >= 11 is 0. The largest absolute Gasteiger partial charge is 0.479 e. The number of hydrogen-bond donors (Lipinski definition) is 1. The molecule has 4 heteroatoms. The molecule has 1 aliphatic rings. The molecule has 1 unspecified atom stereocenters. The van der Waals surface area contributed by atoms with Gasteiger partial charge in [0.1, 0.15) is 5.75 Å². The summed E-state index contributed by atoms with van der Waals surface area (Å²) in [4.78, 5) is 11.8. The third-order valence-corrected chi connectivity index (χ3v) is 3.68. The number of benzene rings is 1. The van der Waals surface area contributed by atoms with Crippen LogP contribution >= 0.6 is 0 Å². The summed E-state index contributed by atoms with van der Waals surface area (Å²) in [7, 11) is 0. The predicted octanol–water partition coefficient (Wildman–Crippen LogP) is 2.74. The van der Waals surface area contributed by atoms with E-state index in [4.69, 9.17) is 15.2 Å². The van der Waals surface area contributed by atoms with Gasteiger partial charge >= 0.3 is 5.97 Å². The zero-order valence-corrected chi connectivity index (χ0v) is 12.2. The van der Waals surface area contributed by atoms with E-state index in [1.807, 2.05) is 19.1 Å². The highest BCUT2D eigenvalue weighted by Crippen LogP contribution is 2.31. The van der Waals surface area contributed by atoms with Crippen molar-refractivity contribution in [2.45, 2.75) is 51.7 Å². The Kier molecular flexibility index (Phi) is 5.01. The Labute approximate surface area is 120 Å². The molecule has 0 radical (unpaired) electrons. The van der Waals surface area contributed by atoms with Crippen LogP contribution in [0, 0.1) is 0 Å². The Morgan fingerprint density at radius 3 is 2.95 bits per heavy atom. The van der Waals surface area contributed by atoms with E-state index in [1.165, 1.54) is 5.56 Å². The maximum Gasteiger partial charge on any atom is 0.347 e. The molecule has 2 atom stereocenters. The van der Waals surface area contributed by atoms with E-state index in [0.717, 1.165) is 24.8 Å². The lowest BCUT2D eigenvalue weighted by Gasteiger charge is -2.24. The van der Waals surface area contributed by atoms with Crippen molar-refractivity contribution in [2.24, 2.45) is 5.73 Å². The molecule has 1 aliphatic carbocycles. The normalized spacial score (nSPS) is 19.1. The zero-order valence-electron chi connectivity index (χ0n) is 12.2. The molecule has 4 nitrogen and oxygen atoms in total. The highest BCUT2D eigenvalue weighted by Gasteiger charge is 2.22. The summed E-state index contributed by atoms with van der Waals surface area (Å²) in [5.74, 6) is 0.387. The third-order valence-electron chi connectivity index (χ3n) is 3.68. The fraction of sp³-hybridized carbons (Fsp3) is 0.562. The van der Waals surface area contributed by atoms with Gasteiger partial charge in [0, 0.05) is 6.04 Å². The predicted molar refractivity (Wildman–Crippen MR) is 77.6 cm³/mol. The number of nitrogens with two attached hydrogens (primary N) is 1. The third kappa shape index (κ3) is 3.31. The first-order valence-electron chi connectivity index (χ1n) is 7.37. The van der Waals surface area contributed by atoms with Gasteiger partial charge in [0.25, 0.3) is 0 Å². The zero-order chi connectivity index (χ0) is 14.5. The van der Waals surface area contributed by atoms with Gasteiger partial charge in [0.05, 0.1) is 6.61 Å². The van der Waals surface area contributed by atoms with Crippen LogP contribution in [0.25, 0.3) is 0 Å². The summed E-state index contributed by atoms with van der Waals surface area (Å²) in [5, 5.41) is 0. The molecule has 0 amide bonds. The van der Waals surface area contributed by atoms with Gasteiger partial charge in [0.15, 0.2) is 6.10 Å². The van der Waals surface area contributed by atoms with Gasteiger partial charge in [-0.2, -0.15) is 0 Å². The van der Waals surface area contributed by atoms with Crippen LogP contribution in [-0.4, -0.2) is 18.7 Å². The lowest BCUT2D eigenvalue weighted by Crippen LogP contribution is -2.29. The molecule has 0 heterocycles. The maximum absolute atomic E-state index is 11.8. The maximum atomic E-state index is 11.8. The van der Waals surface area contributed by atoms with Crippen molar-refractivity contribution in [2.75, 3.05) is 6.61 Å². The summed E-state index contributed by atoms with van der Waals surface area (Å²) in [5.41, 5.74) is 8.58. The van der Waals surface area contributed by atoms with Crippen LogP contribution in [0.3, 0.4) is 0 Å². The van der Waals surface area contributed by atoms with Gasteiger partial charge in [-0.15, -0.1) is 0 Å². The van der Waals surface area contributed by atoms with Crippen LogP contribution in [0.4, 0.5) is 0 Å². The number of aryl methyl sites for hydroxylation is 1. The van der Waals surface area contributed by atoms with Crippen LogP contribution in [0.5, 0.6) is 5.75 Å². The van der Waals surface area contributed by atoms with E-state index < -0.39 is 6.10 Å². The first-order valence-corrected chi connectivity index (χ1v) is 7.37. The van der Waals surface area contributed by atoms with E-state index in [2.05, 4.69) is 6.07 Å². The molecule has 0 aromatic heterocycles. The number of rotatable bonds is 5. The molecule has 2 rings (SSSR count). The Morgan fingerprint density at radius 2 is 2.25 bits per heavy atom. The number of carbonyl (C=O) groups excluding carboxylic acids is 1. The highest BCUT2D eigenvalue weighted by atomic mass is 16.6. The van der Waals surface area contributed by atoms with Crippen LogP contribution in [0.2, 0.25) is 0 Å². The van der Waals surface area contributed by atoms with Gasteiger partial charge in [-0.3, -0.25) is 0 Å². The average molecular weight is 277 g/mol.